The fourth-order valence-electron chi connectivity index (χ4n) is 0.843. The monoisotopic (exact) mass is 200 g/mol. The first-order valence-electron chi connectivity index (χ1n) is 3.35. The highest BCUT2D eigenvalue weighted by molar-refractivity contribution is 7.89. The molecule has 0 aliphatic carbocycles. The number of sulfonamides is 1. The van der Waals surface area contributed by atoms with Gasteiger partial charge in [-0.05, 0) is 6.42 Å². The summed E-state index contributed by atoms with van der Waals surface area (Å²) in [7, 11) is -2.97. The molecule has 0 amide bonds. The van der Waals surface area contributed by atoms with Crippen LogP contribution in [0.4, 0.5) is 0 Å². The van der Waals surface area contributed by atoms with Crippen molar-refractivity contribution in [1.82, 2.24) is 4.31 Å². The highest BCUT2D eigenvalue weighted by Gasteiger charge is 2.26. The molecule has 4 nitrogen and oxygen atoms in total. The normalized spacial score (nSPS) is 18.6. The summed E-state index contributed by atoms with van der Waals surface area (Å²) >= 11 is 0. The summed E-state index contributed by atoms with van der Waals surface area (Å²) in [6.45, 7) is 1.59. The summed E-state index contributed by atoms with van der Waals surface area (Å²) in [6.07, 6.45) is 0.990. The number of hydrogen-bond acceptors (Lipinski definition) is 3. The summed E-state index contributed by atoms with van der Waals surface area (Å²) in [5.41, 5.74) is 5.13. The highest BCUT2D eigenvalue weighted by atomic mass is 35.5. The summed E-state index contributed by atoms with van der Waals surface area (Å²) in [6, 6.07) is 0. The lowest BCUT2D eigenvalue weighted by Gasteiger charge is -2.29. The largest absolute Gasteiger partial charge is 0.329 e. The molecule has 0 aromatic rings. The van der Waals surface area contributed by atoms with Crippen LogP contribution in [0.1, 0.15) is 6.42 Å². The summed E-state index contributed by atoms with van der Waals surface area (Å²) in [5.74, 6) is 0.0903. The van der Waals surface area contributed by atoms with Crippen LogP contribution in [-0.2, 0) is 10.0 Å². The quantitative estimate of drug-likeness (QED) is 0.662. The Labute approximate surface area is 73.2 Å². The van der Waals surface area contributed by atoms with E-state index in [1.165, 1.54) is 4.31 Å². The number of nitrogens with zero attached hydrogens (tertiary/aromatic N) is 1. The average Bonchev–Trinajstić information content (AvgIpc) is 1.56. The Morgan fingerprint density at radius 1 is 1.36 bits per heavy atom. The summed E-state index contributed by atoms with van der Waals surface area (Å²) < 4.78 is 23.6. The van der Waals surface area contributed by atoms with E-state index in [0.29, 0.717) is 13.1 Å². The van der Waals surface area contributed by atoms with Gasteiger partial charge in [-0.15, -0.1) is 12.4 Å². The van der Waals surface area contributed by atoms with Crippen molar-refractivity contribution in [3.63, 3.8) is 0 Å². The van der Waals surface area contributed by atoms with Crippen LogP contribution in [0.25, 0.3) is 0 Å². The van der Waals surface area contributed by atoms with E-state index in [4.69, 9.17) is 5.73 Å². The molecule has 0 unspecified atom stereocenters. The molecule has 0 bridgehead atoms. The van der Waals surface area contributed by atoms with Crippen molar-refractivity contribution >= 4 is 22.4 Å². The Kier molecular flexibility index (Phi) is 4.31. The maximum Gasteiger partial charge on any atom is 0.215 e. The molecule has 0 aromatic carbocycles. The lowest BCUT2D eigenvalue weighted by Crippen LogP contribution is -2.44. The second kappa shape index (κ2) is 4.25. The first-order chi connectivity index (χ1) is 4.67. The van der Waals surface area contributed by atoms with Crippen molar-refractivity contribution < 1.29 is 8.42 Å². The molecule has 2 N–H and O–H groups in total. The molecule has 0 spiro atoms. The molecular formula is C5H13ClN2O2S. The summed E-state index contributed by atoms with van der Waals surface area (Å²) in [5, 5.41) is 0. The maximum atomic E-state index is 11.1. The van der Waals surface area contributed by atoms with E-state index in [1.807, 2.05) is 0 Å². The van der Waals surface area contributed by atoms with Gasteiger partial charge in [0.2, 0.25) is 10.0 Å². The molecule has 0 atom stereocenters. The third-order valence-corrected chi connectivity index (χ3v) is 3.49. The van der Waals surface area contributed by atoms with Crippen LogP contribution in [0.2, 0.25) is 0 Å². The van der Waals surface area contributed by atoms with Crippen LogP contribution < -0.4 is 5.73 Å². The van der Waals surface area contributed by atoms with E-state index in [0.717, 1.165) is 6.42 Å². The van der Waals surface area contributed by atoms with E-state index in [2.05, 4.69) is 0 Å². The molecular weight excluding hydrogens is 188 g/mol. The van der Waals surface area contributed by atoms with Crippen LogP contribution in [-0.4, -0.2) is 38.1 Å². The van der Waals surface area contributed by atoms with E-state index < -0.39 is 10.0 Å². The molecule has 6 heteroatoms. The maximum absolute atomic E-state index is 11.1. The van der Waals surface area contributed by atoms with Gasteiger partial charge in [0.25, 0.3) is 0 Å². The Hall–Kier alpha value is 0.160. The van der Waals surface area contributed by atoms with E-state index in [-0.39, 0.29) is 24.7 Å². The van der Waals surface area contributed by atoms with Crippen LogP contribution in [0, 0.1) is 0 Å². The van der Waals surface area contributed by atoms with Crippen LogP contribution >= 0.6 is 12.4 Å². The molecule has 0 radical (unpaired) electrons. The fraction of sp³-hybridized carbons (Fsp3) is 1.00. The standard InChI is InChI=1S/C5H12N2O2S.ClH/c6-2-5-10(8,9)7-3-1-4-7;/h1-6H2;1H. The minimum Gasteiger partial charge on any atom is -0.329 e. The predicted octanol–water partition coefficient (Wildman–Crippen LogP) is -0.598. The van der Waals surface area contributed by atoms with Gasteiger partial charge in [0, 0.05) is 19.6 Å². The third-order valence-electron chi connectivity index (χ3n) is 1.58. The van der Waals surface area contributed by atoms with Crippen LogP contribution in [0.15, 0.2) is 0 Å². The smallest absolute Gasteiger partial charge is 0.215 e. The number of halogens is 1. The van der Waals surface area contributed by atoms with Crippen molar-refractivity contribution in [1.29, 1.82) is 0 Å². The lowest BCUT2D eigenvalue weighted by molar-refractivity contribution is 0.309. The first-order valence-corrected chi connectivity index (χ1v) is 4.95. The molecule has 0 aromatic heterocycles. The zero-order valence-corrected chi connectivity index (χ0v) is 7.83. The van der Waals surface area contributed by atoms with Crippen molar-refractivity contribution in [2.45, 2.75) is 6.42 Å². The minimum absolute atomic E-state index is 0. The Morgan fingerprint density at radius 3 is 2.18 bits per heavy atom. The second-order valence-corrected chi connectivity index (χ2v) is 4.45. The fourth-order valence-corrected chi connectivity index (χ4v) is 2.21. The Morgan fingerprint density at radius 2 is 1.91 bits per heavy atom. The summed E-state index contributed by atoms with van der Waals surface area (Å²) in [4.78, 5) is 0. The SMILES string of the molecule is Cl.NCCS(=O)(=O)N1CCC1. The van der Waals surface area contributed by atoms with Gasteiger partial charge in [-0.25, -0.2) is 12.7 Å². The molecule has 1 aliphatic heterocycles. The van der Waals surface area contributed by atoms with Crippen LogP contribution in [0.5, 0.6) is 0 Å². The van der Waals surface area contributed by atoms with Gasteiger partial charge in [0.05, 0.1) is 5.75 Å². The van der Waals surface area contributed by atoms with Gasteiger partial charge in [-0.3, -0.25) is 0 Å². The lowest BCUT2D eigenvalue weighted by atomic mass is 10.3. The molecule has 1 aliphatic rings. The molecule has 11 heavy (non-hydrogen) atoms. The minimum atomic E-state index is -2.97. The van der Waals surface area contributed by atoms with E-state index >= 15 is 0 Å². The van der Waals surface area contributed by atoms with Gasteiger partial charge in [-0.2, -0.15) is 0 Å². The van der Waals surface area contributed by atoms with Crippen molar-refractivity contribution in [2.24, 2.45) is 5.73 Å². The van der Waals surface area contributed by atoms with E-state index in [1.54, 1.807) is 0 Å². The van der Waals surface area contributed by atoms with Gasteiger partial charge in [0.15, 0.2) is 0 Å². The average molecular weight is 201 g/mol. The zero-order valence-electron chi connectivity index (χ0n) is 6.19. The first kappa shape index (κ1) is 11.2. The number of hydrogen-bond donors (Lipinski definition) is 1. The molecule has 0 saturated carbocycles. The Balaban J connectivity index is 0.000001000. The van der Waals surface area contributed by atoms with Crippen molar-refractivity contribution in [2.75, 3.05) is 25.4 Å². The van der Waals surface area contributed by atoms with E-state index in [9.17, 15) is 8.42 Å². The highest BCUT2D eigenvalue weighted by Crippen LogP contribution is 2.11. The van der Waals surface area contributed by atoms with Crippen LogP contribution in [0.3, 0.4) is 0 Å². The second-order valence-electron chi connectivity index (χ2n) is 2.36. The predicted molar refractivity (Wildman–Crippen MR) is 46.3 cm³/mol. The molecule has 1 heterocycles. The van der Waals surface area contributed by atoms with Gasteiger partial charge >= 0.3 is 0 Å². The van der Waals surface area contributed by atoms with Gasteiger partial charge in [-0.1, -0.05) is 0 Å². The number of nitrogens with two attached hydrogens (primary N) is 1. The molecule has 1 rings (SSSR count). The molecule has 68 valence electrons. The molecule has 1 fully saturated rings. The van der Waals surface area contributed by atoms with Gasteiger partial charge < -0.3 is 5.73 Å². The van der Waals surface area contributed by atoms with Gasteiger partial charge in [0.1, 0.15) is 0 Å². The molecule has 1 saturated heterocycles. The zero-order chi connectivity index (χ0) is 7.61. The number of rotatable bonds is 3. The van der Waals surface area contributed by atoms with Crippen molar-refractivity contribution in [3.8, 4) is 0 Å². The topological polar surface area (TPSA) is 63.4 Å². The van der Waals surface area contributed by atoms with Crippen molar-refractivity contribution in [3.05, 3.63) is 0 Å². The third kappa shape index (κ3) is 2.59. The Bertz CT molecular complexity index is 201.